The molecule has 1 fully saturated rings. The van der Waals surface area contributed by atoms with Crippen LogP contribution in [0.2, 0.25) is 0 Å². The standard InChI is InChI=1S/C16H24BrNO/c1-4-18-16(13-6-5-7-19-10-13)14-8-12(3)15(17)9-11(14)2/h8-9,13,16,18H,4-7,10H2,1-3H3. The van der Waals surface area contributed by atoms with E-state index in [9.17, 15) is 0 Å². The summed E-state index contributed by atoms with van der Waals surface area (Å²) in [7, 11) is 0. The molecule has 1 aromatic carbocycles. The summed E-state index contributed by atoms with van der Waals surface area (Å²) in [5.41, 5.74) is 4.09. The van der Waals surface area contributed by atoms with Gasteiger partial charge in [-0.05, 0) is 56.0 Å². The van der Waals surface area contributed by atoms with E-state index in [-0.39, 0.29) is 0 Å². The van der Waals surface area contributed by atoms with Crippen molar-refractivity contribution in [3.8, 4) is 0 Å². The molecular weight excluding hydrogens is 302 g/mol. The Bertz CT molecular complexity index is 427. The lowest BCUT2D eigenvalue weighted by molar-refractivity contribution is 0.0392. The normalized spacial score (nSPS) is 21.4. The van der Waals surface area contributed by atoms with Crippen molar-refractivity contribution in [2.75, 3.05) is 19.8 Å². The van der Waals surface area contributed by atoms with Gasteiger partial charge in [-0.2, -0.15) is 0 Å². The van der Waals surface area contributed by atoms with Gasteiger partial charge >= 0.3 is 0 Å². The molecule has 3 heteroatoms. The average Bonchev–Trinajstić information content (AvgIpc) is 2.42. The van der Waals surface area contributed by atoms with Gasteiger partial charge in [-0.25, -0.2) is 0 Å². The van der Waals surface area contributed by atoms with E-state index in [2.05, 4.69) is 54.2 Å². The summed E-state index contributed by atoms with van der Waals surface area (Å²) in [4.78, 5) is 0. The zero-order chi connectivity index (χ0) is 13.8. The van der Waals surface area contributed by atoms with Crippen molar-refractivity contribution < 1.29 is 4.74 Å². The lowest BCUT2D eigenvalue weighted by Gasteiger charge is -2.32. The van der Waals surface area contributed by atoms with E-state index in [0.717, 1.165) is 19.8 Å². The molecule has 1 aromatic rings. The first kappa shape index (κ1) is 15.0. The molecule has 0 saturated carbocycles. The van der Waals surface area contributed by atoms with Gasteiger partial charge in [0.15, 0.2) is 0 Å². The molecule has 2 atom stereocenters. The minimum absolute atomic E-state index is 0.414. The van der Waals surface area contributed by atoms with Crippen molar-refractivity contribution in [3.05, 3.63) is 33.3 Å². The predicted molar refractivity (Wildman–Crippen MR) is 83.6 cm³/mol. The number of benzene rings is 1. The van der Waals surface area contributed by atoms with Crippen LogP contribution in [0.3, 0.4) is 0 Å². The maximum atomic E-state index is 5.68. The van der Waals surface area contributed by atoms with Crippen LogP contribution < -0.4 is 5.32 Å². The highest BCUT2D eigenvalue weighted by atomic mass is 79.9. The topological polar surface area (TPSA) is 21.3 Å². The zero-order valence-electron chi connectivity index (χ0n) is 12.1. The van der Waals surface area contributed by atoms with Gasteiger partial charge in [0.2, 0.25) is 0 Å². The van der Waals surface area contributed by atoms with Crippen LogP contribution >= 0.6 is 15.9 Å². The third-order valence-corrected chi connectivity index (χ3v) is 4.83. The fraction of sp³-hybridized carbons (Fsp3) is 0.625. The summed E-state index contributed by atoms with van der Waals surface area (Å²) in [6.07, 6.45) is 2.44. The minimum Gasteiger partial charge on any atom is -0.381 e. The second kappa shape index (κ2) is 6.87. The molecule has 1 aliphatic rings. The van der Waals surface area contributed by atoms with E-state index in [1.807, 2.05) is 0 Å². The number of hydrogen-bond acceptors (Lipinski definition) is 2. The van der Waals surface area contributed by atoms with E-state index >= 15 is 0 Å². The van der Waals surface area contributed by atoms with Gasteiger partial charge in [0, 0.05) is 23.0 Å². The predicted octanol–water partition coefficient (Wildman–Crippen LogP) is 4.14. The van der Waals surface area contributed by atoms with Gasteiger partial charge in [0.25, 0.3) is 0 Å². The molecule has 0 radical (unpaired) electrons. The molecule has 0 bridgehead atoms. The van der Waals surface area contributed by atoms with Crippen molar-refractivity contribution in [2.24, 2.45) is 5.92 Å². The highest BCUT2D eigenvalue weighted by Gasteiger charge is 2.26. The van der Waals surface area contributed by atoms with Crippen molar-refractivity contribution >= 4 is 15.9 Å². The summed E-state index contributed by atoms with van der Waals surface area (Å²) in [6.45, 7) is 9.34. The summed E-state index contributed by atoms with van der Waals surface area (Å²) >= 11 is 3.62. The van der Waals surface area contributed by atoms with Crippen LogP contribution in [0.25, 0.3) is 0 Å². The molecule has 0 spiro atoms. The Hall–Kier alpha value is -0.380. The zero-order valence-corrected chi connectivity index (χ0v) is 13.7. The Morgan fingerprint density at radius 2 is 2.16 bits per heavy atom. The summed E-state index contributed by atoms with van der Waals surface area (Å²) in [5, 5.41) is 3.66. The molecule has 1 aliphatic heterocycles. The van der Waals surface area contributed by atoms with E-state index in [1.54, 1.807) is 0 Å². The molecule has 0 aromatic heterocycles. The number of ether oxygens (including phenoxy) is 1. The second-order valence-corrected chi connectivity index (χ2v) is 6.32. The lowest BCUT2D eigenvalue weighted by Crippen LogP contribution is -2.33. The molecule has 2 nitrogen and oxygen atoms in total. The lowest BCUT2D eigenvalue weighted by atomic mass is 9.86. The van der Waals surface area contributed by atoms with Gasteiger partial charge in [-0.3, -0.25) is 0 Å². The SMILES string of the molecule is CCNC(c1cc(C)c(Br)cc1C)C1CCCOC1. The van der Waals surface area contributed by atoms with Crippen LogP contribution in [-0.2, 0) is 4.74 Å². The summed E-state index contributed by atoms with van der Waals surface area (Å²) in [6, 6.07) is 4.97. The molecule has 1 saturated heterocycles. The van der Waals surface area contributed by atoms with Crippen LogP contribution in [-0.4, -0.2) is 19.8 Å². The first-order valence-electron chi connectivity index (χ1n) is 7.21. The van der Waals surface area contributed by atoms with Gasteiger partial charge in [-0.15, -0.1) is 0 Å². The monoisotopic (exact) mass is 325 g/mol. The van der Waals surface area contributed by atoms with E-state index in [4.69, 9.17) is 4.74 Å². The van der Waals surface area contributed by atoms with Crippen LogP contribution in [0.5, 0.6) is 0 Å². The summed E-state index contributed by atoms with van der Waals surface area (Å²) < 4.78 is 6.87. The second-order valence-electron chi connectivity index (χ2n) is 5.47. The van der Waals surface area contributed by atoms with E-state index in [0.29, 0.717) is 12.0 Å². The highest BCUT2D eigenvalue weighted by molar-refractivity contribution is 9.10. The maximum absolute atomic E-state index is 5.68. The number of aryl methyl sites for hydroxylation is 2. The molecule has 106 valence electrons. The van der Waals surface area contributed by atoms with Gasteiger partial charge in [0.1, 0.15) is 0 Å². The molecule has 0 amide bonds. The van der Waals surface area contributed by atoms with Crippen molar-refractivity contribution in [3.63, 3.8) is 0 Å². The summed E-state index contributed by atoms with van der Waals surface area (Å²) in [5.74, 6) is 0.591. The number of halogens is 1. The molecular formula is C16H24BrNO. The van der Waals surface area contributed by atoms with Crippen molar-refractivity contribution in [2.45, 2.75) is 39.7 Å². The minimum atomic E-state index is 0.414. The van der Waals surface area contributed by atoms with E-state index < -0.39 is 0 Å². The smallest absolute Gasteiger partial charge is 0.0512 e. The van der Waals surface area contributed by atoms with Crippen molar-refractivity contribution in [1.82, 2.24) is 5.32 Å². The first-order valence-corrected chi connectivity index (χ1v) is 8.00. The van der Waals surface area contributed by atoms with Gasteiger partial charge in [0.05, 0.1) is 6.61 Å². The van der Waals surface area contributed by atoms with Crippen molar-refractivity contribution in [1.29, 1.82) is 0 Å². The third-order valence-electron chi connectivity index (χ3n) is 3.97. The van der Waals surface area contributed by atoms with Crippen LogP contribution in [0, 0.1) is 19.8 Å². The highest BCUT2D eigenvalue weighted by Crippen LogP contribution is 2.33. The largest absolute Gasteiger partial charge is 0.381 e. The van der Waals surface area contributed by atoms with E-state index in [1.165, 1.54) is 34.0 Å². The molecule has 0 aliphatic carbocycles. The Labute approximate surface area is 125 Å². The third kappa shape index (κ3) is 3.59. The number of rotatable bonds is 4. The van der Waals surface area contributed by atoms with Crippen LogP contribution in [0.1, 0.15) is 42.5 Å². The first-order chi connectivity index (χ1) is 9.13. The Kier molecular flexibility index (Phi) is 5.43. The molecule has 19 heavy (non-hydrogen) atoms. The van der Waals surface area contributed by atoms with Crippen LogP contribution in [0.4, 0.5) is 0 Å². The van der Waals surface area contributed by atoms with Gasteiger partial charge < -0.3 is 10.1 Å². The Morgan fingerprint density at radius 3 is 2.79 bits per heavy atom. The fourth-order valence-electron chi connectivity index (χ4n) is 2.92. The Morgan fingerprint density at radius 1 is 1.37 bits per heavy atom. The molecule has 1 N–H and O–H groups in total. The average molecular weight is 326 g/mol. The maximum Gasteiger partial charge on any atom is 0.0512 e. The van der Waals surface area contributed by atoms with Gasteiger partial charge in [-0.1, -0.05) is 28.9 Å². The van der Waals surface area contributed by atoms with Crippen LogP contribution in [0.15, 0.2) is 16.6 Å². The Balaban J connectivity index is 2.29. The number of hydrogen-bond donors (Lipinski definition) is 1. The number of nitrogens with one attached hydrogen (secondary N) is 1. The fourth-order valence-corrected chi connectivity index (χ4v) is 3.38. The molecule has 2 unspecified atom stereocenters. The quantitative estimate of drug-likeness (QED) is 0.898. The molecule has 2 rings (SSSR count). The molecule has 1 heterocycles.